The van der Waals surface area contributed by atoms with Crippen molar-refractivity contribution in [1.29, 1.82) is 0 Å². The molecule has 6 N–H and O–H groups in total. The first-order valence-electron chi connectivity index (χ1n) is 6.99. The molecule has 2 aromatic rings. The Kier molecular flexibility index (Phi) is 4.50. The summed E-state index contributed by atoms with van der Waals surface area (Å²) in [7, 11) is 0. The first kappa shape index (κ1) is 15.4. The average molecular weight is 286 g/mol. The smallest absolute Gasteiger partial charge is 0.122 e. The first-order chi connectivity index (χ1) is 9.96. The summed E-state index contributed by atoms with van der Waals surface area (Å²) < 4.78 is 0. The molecule has 0 spiro atoms. The third kappa shape index (κ3) is 3.17. The fourth-order valence-corrected chi connectivity index (χ4v) is 2.62. The molecule has 0 amide bonds. The normalized spacial score (nSPS) is 10.9. The summed E-state index contributed by atoms with van der Waals surface area (Å²) in [5.41, 5.74) is 16.6. The first-order valence-corrected chi connectivity index (χ1v) is 6.99. The van der Waals surface area contributed by atoms with Crippen LogP contribution in [0.5, 0.6) is 11.5 Å². The highest BCUT2D eigenvalue weighted by molar-refractivity contribution is 5.47. The van der Waals surface area contributed by atoms with E-state index in [1.54, 1.807) is 0 Å². The van der Waals surface area contributed by atoms with Gasteiger partial charge in [-0.2, -0.15) is 0 Å². The number of hydrogen-bond acceptors (Lipinski definition) is 4. The van der Waals surface area contributed by atoms with Crippen LogP contribution in [-0.2, 0) is 19.5 Å². The van der Waals surface area contributed by atoms with Gasteiger partial charge in [0.05, 0.1) is 0 Å². The van der Waals surface area contributed by atoms with E-state index in [1.165, 1.54) is 0 Å². The number of nitrogens with two attached hydrogens (primary N) is 2. The Morgan fingerprint density at radius 2 is 1.14 bits per heavy atom. The Labute approximate surface area is 125 Å². The van der Waals surface area contributed by atoms with Gasteiger partial charge in [0, 0.05) is 24.2 Å². The zero-order chi connectivity index (χ0) is 15.6. The molecule has 0 aliphatic rings. The number of hydrogen-bond donors (Lipinski definition) is 4. The summed E-state index contributed by atoms with van der Waals surface area (Å²) in [5.74, 6) is 0.538. The summed E-state index contributed by atoms with van der Waals surface area (Å²) in [6, 6.07) is 7.76. The van der Waals surface area contributed by atoms with E-state index in [2.05, 4.69) is 0 Å². The van der Waals surface area contributed by atoms with Gasteiger partial charge >= 0.3 is 0 Å². The Bertz CT molecular complexity index is 609. The van der Waals surface area contributed by atoms with Gasteiger partial charge in [-0.15, -0.1) is 0 Å². The molecule has 0 atom stereocenters. The van der Waals surface area contributed by atoms with Crippen molar-refractivity contribution in [3.8, 4) is 11.5 Å². The lowest BCUT2D eigenvalue weighted by molar-refractivity contribution is 0.464. The quantitative estimate of drug-likeness (QED) is 0.693. The van der Waals surface area contributed by atoms with Crippen molar-refractivity contribution in [2.24, 2.45) is 11.5 Å². The number of aromatic hydroxyl groups is 2. The summed E-state index contributed by atoms with van der Waals surface area (Å²) in [5, 5.41) is 19.8. The van der Waals surface area contributed by atoms with E-state index in [-0.39, 0.29) is 11.5 Å². The summed E-state index contributed by atoms with van der Waals surface area (Å²) >= 11 is 0. The third-order valence-corrected chi connectivity index (χ3v) is 3.73. The fraction of sp³-hybridized carbons (Fsp3) is 0.294. The van der Waals surface area contributed by atoms with Crippen molar-refractivity contribution in [3.63, 3.8) is 0 Å². The molecule has 0 unspecified atom stereocenters. The van der Waals surface area contributed by atoms with Crippen LogP contribution in [-0.4, -0.2) is 10.2 Å². The van der Waals surface area contributed by atoms with Crippen LogP contribution < -0.4 is 11.5 Å². The van der Waals surface area contributed by atoms with E-state index >= 15 is 0 Å². The second-order valence-corrected chi connectivity index (χ2v) is 5.43. The van der Waals surface area contributed by atoms with Gasteiger partial charge in [-0.25, -0.2) is 0 Å². The van der Waals surface area contributed by atoms with Crippen molar-refractivity contribution in [2.45, 2.75) is 33.4 Å². The molecule has 0 aromatic heterocycles. The predicted octanol–water partition coefficient (Wildman–Crippen LogP) is 2.22. The SMILES string of the molecule is Cc1cc(Cc2cc(C)c(O)c(CN)c2)cc(CN)c1O. The van der Waals surface area contributed by atoms with Gasteiger partial charge in [0.2, 0.25) is 0 Å². The fourth-order valence-electron chi connectivity index (χ4n) is 2.62. The minimum Gasteiger partial charge on any atom is -0.507 e. The van der Waals surface area contributed by atoms with E-state index in [9.17, 15) is 10.2 Å². The zero-order valence-electron chi connectivity index (χ0n) is 12.5. The zero-order valence-corrected chi connectivity index (χ0v) is 12.5. The van der Waals surface area contributed by atoms with E-state index in [0.29, 0.717) is 19.5 Å². The van der Waals surface area contributed by atoms with Crippen molar-refractivity contribution < 1.29 is 10.2 Å². The van der Waals surface area contributed by atoms with Crippen LogP contribution in [0.2, 0.25) is 0 Å². The highest BCUT2D eigenvalue weighted by Crippen LogP contribution is 2.28. The van der Waals surface area contributed by atoms with Gasteiger partial charge in [0.15, 0.2) is 0 Å². The molecule has 4 heteroatoms. The second kappa shape index (κ2) is 6.16. The minimum atomic E-state index is 0.269. The van der Waals surface area contributed by atoms with E-state index in [0.717, 1.165) is 33.4 Å². The van der Waals surface area contributed by atoms with Crippen LogP contribution in [0.15, 0.2) is 24.3 Å². The van der Waals surface area contributed by atoms with Gasteiger partial charge in [-0.1, -0.05) is 24.3 Å². The molecule has 4 nitrogen and oxygen atoms in total. The molecule has 0 bridgehead atoms. The molecular formula is C17H22N2O2. The number of phenols is 2. The van der Waals surface area contributed by atoms with E-state index in [1.807, 2.05) is 38.1 Å². The maximum atomic E-state index is 9.92. The molecule has 0 saturated heterocycles. The number of phenolic OH excluding ortho intramolecular Hbond substituents is 2. The predicted molar refractivity (Wildman–Crippen MR) is 84.3 cm³/mol. The van der Waals surface area contributed by atoms with Crippen LogP contribution in [0.3, 0.4) is 0 Å². The second-order valence-electron chi connectivity index (χ2n) is 5.43. The van der Waals surface area contributed by atoms with Crippen LogP contribution in [0.1, 0.15) is 33.4 Å². The van der Waals surface area contributed by atoms with Gasteiger partial charge < -0.3 is 21.7 Å². The topological polar surface area (TPSA) is 92.5 Å². The van der Waals surface area contributed by atoms with Gasteiger partial charge in [-0.05, 0) is 42.5 Å². The average Bonchev–Trinajstić information content (AvgIpc) is 2.46. The van der Waals surface area contributed by atoms with Crippen LogP contribution >= 0.6 is 0 Å². The molecule has 0 saturated carbocycles. The minimum absolute atomic E-state index is 0.269. The lowest BCUT2D eigenvalue weighted by atomic mass is 9.96. The Hall–Kier alpha value is -2.04. The Balaban J connectivity index is 2.38. The Morgan fingerprint density at radius 1 is 0.762 bits per heavy atom. The highest BCUT2D eigenvalue weighted by Gasteiger charge is 2.09. The molecule has 21 heavy (non-hydrogen) atoms. The summed E-state index contributed by atoms with van der Waals surface area (Å²) in [6.07, 6.45) is 0.711. The molecule has 0 fully saturated rings. The third-order valence-electron chi connectivity index (χ3n) is 3.73. The van der Waals surface area contributed by atoms with Gasteiger partial charge in [0.25, 0.3) is 0 Å². The maximum absolute atomic E-state index is 9.92. The van der Waals surface area contributed by atoms with Crippen LogP contribution in [0.4, 0.5) is 0 Å². The number of rotatable bonds is 4. The molecule has 2 rings (SSSR count). The molecule has 112 valence electrons. The van der Waals surface area contributed by atoms with Gasteiger partial charge in [0.1, 0.15) is 11.5 Å². The van der Waals surface area contributed by atoms with Crippen molar-refractivity contribution >= 4 is 0 Å². The maximum Gasteiger partial charge on any atom is 0.122 e. The van der Waals surface area contributed by atoms with Crippen LogP contribution in [0, 0.1) is 13.8 Å². The van der Waals surface area contributed by atoms with Gasteiger partial charge in [-0.3, -0.25) is 0 Å². The lowest BCUT2D eigenvalue weighted by Gasteiger charge is -2.12. The molecule has 0 aliphatic carbocycles. The molecule has 0 radical (unpaired) electrons. The Morgan fingerprint density at radius 3 is 1.48 bits per heavy atom. The molecule has 0 heterocycles. The molecule has 2 aromatic carbocycles. The van der Waals surface area contributed by atoms with Crippen molar-refractivity contribution in [3.05, 3.63) is 57.6 Å². The molecular weight excluding hydrogens is 264 g/mol. The lowest BCUT2D eigenvalue weighted by Crippen LogP contribution is -2.02. The highest BCUT2D eigenvalue weighted by atomic mass is 16.3. The molecule has 0 aliphatic heterocycles. The van der Waals surface area contributed by atoms with Crippen molar-refractivity contribution in [2.75, 3.05) is 0 Å². The summed E-state index contributed by atoms with van der Waals surface area (Å²) in [6.45, 7) is 4.35. The van der Waals surface area contributed by atoms with Crippen molar-refractivity contribution in [1.82, 2.24) is 0 Å². The number of aryl methyl sites for hydroxylation is 2. The monoisotopic (exact) mass is 286 g/mol. The van der Waals surface area contributed by atoms with Crippen LogP contribution in [0.25, 0.3) is 0 Å². The number of benzene rings is 2. The summed E-state index contributed by atoms with van der Waals surface area (Å²) in [4.78, 5) is 0. The van der Waals surface area contributed by atoms with E-state index in [4.69, 9.17) is 11.5 Å². The van der Waals surface area contributed by atoms with E-state index < -0.39 is 0 Å². The standard InChI is InChI=1S/C17H22N2O2/c1-10-3-12(6-14(8-18)16(10)20)5-13-4-11(2)17(21)15(7-13)9-19/h3-4,6-7,20-21H,5,8-9,18-19H2,1-2H3. The largest absolute Gasteiger partial charge is 0.507 e.